The van der Waals surface area contributed by atoms with E-state index in [9.17, 15) is 12.9 Å². The molecule has 0 atom stereocenters. The topological polar surface area (TPSA) is 26.0 Å². The summed E-state index contributed by atoms with van der Waals surface area (Å²) in [5, 5.41) is 0. The Hall–Kier alpha value is -1.19. The molecule has 1 aromatic carbocycles. The van der Waals surface area contributed by atoms with Crippen LogP contribution in [0.1, 0.15) is 16.7 Å². The molecule has 0 saturated carbocycles. The molecule has 0 radical (unpaired) electrons. The van der Waals surface area contributed by atoms with Gasteiger partial charge in [-0.1, -0.05) is 37.2 Å². The predicted molar refractivity (Wildman–Crippen MR) is 78.0 cm³/mol. The first kappa shape index (κ1) is 15.9. The van der Waals surface area contributed by atoms with E-state index in [0.717, 1.165) is 6.07 Å². The predicted octanol–water partition coefficient (Wildman–Crippen LogP) is 2.74. The van der Waals surface area contributed by atoms with E-state index in [-0.39, 0.29) is 12.1 Å². The number of nitrogens with two attached hydrogens (primary N) is 1. The molecule has 0 amide bonds. The molecule has 0 aromatic heterocycles. The van der Waals surface area contributed by atoms with Gasteiger partial charge in [-0.2, -0.15) is 0 Å². The lowest BCUT2D eigenvalue weighted by Gasteiger charge is -2.20. The van der Waals surface area contributed by atoms with Crippen molar-refractivity contribution >= 4 is 20.5 Å². The van der Waals surface area contributed by atoms with Crippen molar-refractivity contribution in [1.82, 2.24) is 0 Å². The molecule has 0 aliphatic carbocycles. The third kappa shape index (κ3) is 4.44. The molecular formula is C13H18BF3NSi-. The monoisotopic (exact) mass is 284 g/mol. The molecule has 104 valence electrons. The summed E-state index contributed by atoms with van der Waals surface area (Å²) in [6, 6.07) is 2.80. The summed E-state index contributed by atoms with van der Waals surface area (Å²) >= 11 is 0. The van der Waals surface area contributed by atoms with Crippen LogP contribution in [0.25, 0.3) is 0 Å². The third-order valence-corrected chi connectivity index (χ3v) is 3.58. The van der Waals surface area contributed by atoms with Crippen molar-refractivity contribution in [1.29, 1.82) is 0 Å². The fourth-order valence-corrected chi connectivity index (χ4v) is 2.20. The van der Waals surface area contributed by atoms with Gasteiger partial charge in [0, 0.05) is 12.1 Å². The smallest absolute Gasteiger partial charge is 0.445 e. The van der Waals surface area contributed by atoms with E-state index in [1.807, 2.05) is 19.6 Å². The molecule has 0 bridgehead atoms. The van der Waals surface area contributed by atoms with Crippen molar-refractivity contribution in [2.45, 2.75) is 33.1 Å². The second kappa shape index (κ2) is 5.43. The molecule has 1 nitrogen and oxygen atoms in total. The van der Waals surface area contributed by atoms with Crippen LogP contribution in [0, 0.1) is 18.4 Å². The van der Waals surface area contributed by atoms with E-state index >= 15 is 0 Å². The van der Waals surface area contributed by atoms with Crippen molar-refractivity contribution in [2.75, 3.05) is 0 Å². The molecule has 0 spiro atoms. The van der Waals surface area contributed by atoms with Crippen LogP contribution in [0.5, 0.6) is 0 Å². The van der Waals surface area contributed by atoms with Gasteiger partial charge in [0.1, 0.15) is 8.07 Å². The molecule has 1 rings (SSSR count). The summed E-state index contributed by atoms with van der Waals surface area (Å²) < 4.78 is 39.0. The highest BCUT2D eigenvalue weighted by Crippen LogP contribution is 2.17. The Balaban J connectivity index is 3.40. The zero-order valence-electron chi connectivity index (χ0n) is 11.7. The summed E-state index contributed by atoms with van der Waals surface area (Å²) in [5.41, 5.74) is 9.14. The maximum atomic E-state index is 13.0. The molecule has 0 saturated heterocycles. The highest BCUT2D eigenvalue weighted by atomic mass is 28.3. The molecule has 19 heavy (non-hydrogen) atoms. The quantitative estimate of drug-likeness (QED) is 0.656. The second-order valence-electron chi connectivity index (χ2n) is 5.63. The molecule has 6 heteroatoms. The standard InChI is InChI=1S/C13H18BF3NSi/c1-10-12(9-18)7-11(5-6-19(2,3)4)8-13(10)14(15,16)17/h7-8H,9,18H2,1-4H3/q-1. The van der Waals surface area contributed by atoms with Gasteiger partial charge in [-0.3, -0.25) is 0 Å². The van der Waals surface area contributed by atoms with Crippen LogP contribution < -0.4 is 11.2 Å². The van der Waals surface area contributed by atoms with Crippen molar-refractivity contribution in [3.8, 4) is 11.5 Å². The van der Waals surface area contributed by atoms with Crippen LogP contribution in [-0.4, -0.2) is 15.1 Å². The maximum absolute atomic E-state index is 13.0. The minimum Gasteiger partial charge on any atom is -0.445 e. The Morgan fingerprint density at radius 3 is 2.21 bits per heavy atom. The molecule has 2 N–H and O–H groups in total. The fourth-order valence-electron chi connectivity index (χ4n) is 1.68. The van der Waals surface area contributed by atoms with Crippen molar-refractivity contribution in [2.24, 2.45) is 5.73 Å². The summed E-state index contributed by atoms with van der Waals surface area (Å²) in [6.07, 6.45) is 0. The fraction of sp³-hybridized carbons (Fsp3) is 0.385. The molecule has 0 fully saturated rings. The molecule has 0 aliphatic rings. The molecule has 0 heterocycles. The number of hydrogen-bond acceptors (Lipinski definition) is 1. The largest absolute Gasteiger partial charge is 0.509 e. The zero-order valence-corrected chi connectivity index (χ0v) is 12.7. The van der Waals surface area contributed by atoms with Gasteiger partial charge in [0.15, 0.2) is 0 Å². The number of halogens is 3. The lowest BCUT2D eigenvalue weighted by Crippen LogP contribution is -2.37. The van der Waals surface area contributed by atoms with Gasteiger partial charge in [-0.25, -0.2) is 0 Å². The van der Waals surface area contributed by atoms with Gasteiger partial charge in [-0.05, 0) is 18.6 Å². The summed E-state index contributed by atoms with van der Waals surface area (Å²) in [6.45, 7) is 2.66. The van der Waals surface area contributed by atoms with E-state index in [1.54, 1.807) is 6.07 Å². The highest BCUT2D eigenvalue weighted by Gasteiger charge is 2.28. The minimum absolute atomic E-state index is 0.0907. The van der Waals surface area contributed by atoms with Crippen molar-refractivity contribution in [3.63, 3.8) is 0 Å². The van der Waals surface area contributed by atoms with Crippen LogP contribution in [0.15, 0.2) is 12.1 Å². The minimum atomic E-state index is -5.03. The first-order chi connectivity index (χ1) is 8.54. The van der Waals surface area contributed by atoms with Gasteiger partial charge in [0.25, 0.3) is 0 Å². The maximum Gasteiger partial charge on any atom is 0.509 e. The van der Waals surface area contributed by atoms with Crippen LogP contribution >= 0.6 is 0 Å². The van der Waals surface area contributed by atoms with Crippen LogP contribution in [0.3, 0.4) is 0 Å². The van der Waals surface area contributed by atoms with Gasteiger partial charge >= 0.3 is 6.98 Å². The van der Waals surface area contributed by atoms with Gasteiger partial charge in [-0.15, -0.1) is 11.0 Å². The van der Waals surface area contributed by atoms with Crippen LogP contribution in [0.4, 0.5) is 12.9 Å². The Bertz CT molecular complexity index is 536. The van der Waals surface area contributed by atoms with E-state index < -0.39 is 20.5 Å². The van der Waals surface area contributed by atoms with E-state index in [0.29, 0.717) is 11.1 Å². The Labute approximate surface area is 113 Å². The normalized spacial score (nSPS) is 12.0. The van der Waals surface area contributed by atoms with Crippen molar-refractivity contribution in [3.05, 3.63) is 28.8 Å². The van der Waals surface area contributed by atoms with Gasteiger partial charge < -0.3 is 18.7 Å². The average Bonchev–Trinajstić information content (AvgIpc) is 2.25. The van der Waals surface area contributed by atoms with Crippen LogP contribution in [-0.2, 0) is 6.54 Å². The first-order valence-corrected chi connectivity index (χ1v) is 9.61. The number of benzene rings is 1. The van der Waals surface area contributed by atoms with E-state index in [2.05, 4.69) is 11.5 Å². The second-order valence-corrected chi connectivity index (χ2v) is 10.4. The van der Waals surface area contributed by atoms with Crippen LogP contribution in [0.2, 0.25) is 19.6 Å². The van der Waals surface area contributed by atoms with E-state index in [4.69, 9.17) is 5.73 Å². The zero-order chi connectivity index (χ0) is 14.8. The Morgan fingerprint density at radius 2 is 1.79 bits per heavy atom. The highest BCUT2D eigenvalue weighted by molar-refractivity contribution is 6.83. The molecule has 0 unspecified atom stereocenters. The van der Waals surface area contributed by atoms with E-state index in [1.165, 1.54) is 6.92 Å². The summed E-state index contributed by atoms with van der Waals surface area (Å²) in [4.78, 5) is 0. The molecule has 1 aromatic rings. The number of hydrogen-bond donors (Lipinski definition) is 1. The summed E-state index contributed by atoms with van der Waals surface area (Å²) in [5.74, 6) is 2.87. The number of rotatable bonds is 2. The Morgan fingerprint density at radius 1 is 1.21 bits per heavy atom. The SMILES string of the molecule is Cc1c(CN)cc(C#C[Si](C)(C)C)cc1[B-](F)(F)F. The Kier molecular flexibility index (Phi) is 4.54. The van der Waals surface area contributed by atoms with Gasteiger partial charge in [0.05, 0.1) is 0 Å². The third-order valence-electron chi connectivity index (χ3n) is 2.71. The molecule has 0 aliphatic heterocycles. The lowest BCUT2D eigenvalue weighted by molar-refractivity contribution is 0.500. The average molecular weight is 284 g/mol. The van der Waals surface area contributed by atoms with Gasteiger partial charge in [0.2, 0.25) is 0 Å². The molecular weight excluding hydrogens is 266 g/mol. The van der Waals surface area contributed by atoms with Crippen molar-refractivity contribution < 1.29 is 12.9 Å². The first-order valence-electron chi connectivity index (χ1n) is 6.11. The summed E-state index contributed by atoms with van der Waals surface area (Å²) in [7, 11) is -1.61. The lowest BCUT2D eigenvalue weighted by atomic mass is 9.75.